The molecule has 0 aliphatic heterocycles. The van der Waals surface area contributed by atoms with Gasteiger partial charge >= 0.3 is 0 Å². The Labute approximate surface area is 133 Å². The Bertz CT molecular complexity index is 731. The van der Waals surface area contributed by atoms with Crippen molar-refractivity contribution < 1.29 is 9.53 Å². The number of Topliss-reactive ketones (excluding diaryl/α,β-unsaturated/α-hetero) is 1. The molecule has 0 aromatic heterocycles. The van der Waals surface area contributed by atoms with Gasteiger partial charge in [-0.2, -0.15) is 0 Å². The number of carbonyl (C=O) groups excluding carboxylic acids is 1. The fraction of sp³-hybridized carbons (Fsp3) is 0.0625. The highest BCUT2D eigenvalue weighted by molar-refractivity contribution is 9.12. The van der Waals surface area contributed by atoms with E-state index in [1.54, 1.807) is 7.11 Å². The Kier molecular flexibility index (Phi) is 3.52. The summed E-state index contributed by atoms with van der Waals surface area (Å²) in [6, 6.07) is 13.4. The Morgan fingerprint density at radius 3 is 2.30 bits per heavy atom. The van der Waals surface area contributed by atoms with Crippen molar-refractivity contribution in [3.05, 3.63) is 68.1 Å². The number of carbonyl (C=O) groups is 1. The Balaban J connectivity index is 2.17. The number of hydrogen-bond acceptors (Lipinski definition) is 2. The van der Waals surface area contributed by atoms with Crippen LogP contribution in [0.5, 0.6) is 5.75 Å². The lowest BCUT2D eigenvalue weighted by molar-refractivity contribution is 0.104. The van der Waals surface area contributed by atoms with Crippen LogP contribution in [0, 0.1) is 0 Å². The molecule has 0 radical (unpaired) electrons. The summed E-state index contributed by atoms with van der Waals surface area (Å²) in [4.78, 5) is 12.3. The molecule has 20 heavy (non-hydrogen) atoms. The number of benzene rings is 2. The zero-order valence-electron chi connectivity index (χ0n) is 10.6. The highest BCUT2D eigenvalue weighted by Crippen LogP contribution is 2.41. The fourth-order valence-corrected chi connectivity index (χ4v) is 3.33. The first kappa shape index (κ1) is 13.6. The lowest BCUT2D eigenvalue weighted by Gasteiger charge is -2.07. The van der Waals surface area contributed by atoms with Crippen molar-refractivity contribution in [1.82, 2.24) is 0 Å². The molecule has 1 aliphatic rings. The number of ketones is 1. The first-order chi connectivity index (χ1) is 9.61. The Morgan fingerprint density at radius 1 is 0.950 bits per heavy atom. The maximum atomic E-state index is 12.3. The summed E-state index contributed by atoms with van der Waals surface area (Å²) < 4.78 is 6.73. The molecule has 0 bridgehead atoms. The second kappa shape index (κ2) is 5.19. The second-order valence-corrected chi connectivity index (χ2v) is 6.15. The van der Waals surface area contributed by atoms with Gasteiger partial charge < -0.3 is 4.74 Å². The van der Waals surface area contributed by atoms with Crippen LogP contribution < -0.4 is 4.74 Å². The van der Waals surface area contributed by atoms with Gasteiger partial charge in [0, 0.05) is 15.6 Å². The van der Waals surface area contributed by atoms with Gasteiger partial charge in [0.15, 0.2) is 0 Å². The molecule has 0 saturated carbocycles. The van der Waals surface area contributed by atoms with Crippen LogP contribution >= 0.6 is 31.9 Å². The molecule has 4 heteroatoms. The van der Waals surface area contributed by atoms with E-state index in [9.17, 15) is 4.79 Å². The molecule has 0 saturated heterocycles. The van der Waals surface area contributed by atoms with E-state index in [0.29, 0.717) is 4.48 Å². The SMILES string of the molecule is COc1ccc(C2=C(Br)C(=O)c3ccc(Br)cc32)cc1. The molecule has 3 rings (SSSR count). The zero-order chi connectivity index (χ0) is 14.3. The highest BCUT2D eigenvalue weighted by Gasteiger charge is 2.28. The molecule has 0 fully saturated rings. The van der Waals surface area contributed by atoms with Gasteiger partial charge in [0.25, 0.3) is 0 Å². The van der Waals surface area contributed by atoms with Crippen LogP contribution in [0.3, 0.4) is 0 Å². The predicted molar refractivity (Wildman–Crippen MR) is 86.4 cm³/mol. The van der Waals surface area contributed by atoms with Crippen LogP contribution in [0.1, 0.15) is 21.5 Å². The third kappa shape index (κ3) is 2.13. The minimum Gasteiger partial charge on any atom is -0.497 e. The summed E-state index contributed by atoms with van der Waals surface area (Å²) in [6.07, 6.45) is 0. The predicted octanol–water partition coefficient (Wildman–Crippen LogP) is 4.81. The van der Waals surface area contributed by atoms with Crippen LogP contribution in [0.15, 0.2) is 51.4 Å². The number of ether oxygens (including phenoxy) is 1. The number of methoxy groups -OCH3 is 1. The van der Waals surface area contributed by atoms with Crippen LogP contribution in [-0.4, -0.2) is 12.9 Å². The van der Waals surface area contributed by atoms with E-state index in [0.717, 1.165) is 32.5 Å². The summed E-state index contributed by atoms with van der Waals surface area (Å²) >= 11 is 6.89. The van der Waals surface area contributed by atoms with Gasteiger partial charge in [0.1, 0.15) is 5.75 Å². The van der Waals surface area contributed by atoms with Crippen molar-refractivity contribution >= 4 is 43.2 Å². The quantitative estimate of drug-likeness (QED) is 0.731. The number of hydrogen-bond donors (Lipinski definition) is 0. The van der Waals surface area contributed by atoms with Gasteiger partial charge in [0.2, 0.25) is 5.78 Å². The molecule has 0 atom stereocenters. The summed E-state index contributed by atoms with van der Waals surface area (Å²) in [7, 11) is 1.63. The normalized spacial score (nSPS) is 13.7. The van der Waals surface area contributed by atoms with E-state index in [1.807, 2.05) is 42.5 Å². The van der Waals surface area contributed by atoms with Gasteiger partial charge in [-0.25, -0.2) is 0 Å². The van der Waals surface area contributed by atoms with E-state index >= 15 is 0 Å². The summed E-state index contributed by atoms with van der Waals surface area (Å²) in [5.74, 6) is 0.822. The maximum absolute atomic E-state index is 12.3. The molecule has 2 aromatic carbocycles. The standard InChI is InChI=1S/C16H10Br2O2/c1-20-11-5-2-9(3-6-11)14-13-8-10(17)4-7-12(13)16(19)15(14)18/h2-8H,1H3. The first-order valence-electron chi connectivity index (χ1n) is 6.00. The average Bonchev–Trinajstić information content (AvgIpc) is 2.71. The lowest BCUT2D eigenvalue weighted by atomic mass is 9.99. The summed E-state index contributed by atoms with van der Waals surface area (Å²) in [5, 5.41) is 0. The highest BCUT2D eigenvalue weighted by atomic mass is 79.9. The molecule has 100 valence electrons. The first-order valence-corrected chi connectivity index (χ1v) is 7.59. The van der Waals surface area contributed by atoms with E-state index in [1.165, 1.54) is 0 Å². The molecule has 0 amide bonds. The van der Waals surface area contributed by atoms with Crippen molar-refractivity contribution in [3.8, 4) is 5.75 Å². The van der Waals surface area contributed by atoms with Crippen molar-refractivity contribution in [1.29, 1.82) is 0 Å². The molecule has 2 nitrogen and oxygen atoms in total. The van der Waals surface area contributed by atoms with E-state index in [4.69, 9.17) is 4.74 Å². The van der Waals surface area contributed by atoms with Crippen molar-refractivity contribution in [3.63, 3.8) is 0 Å². The largest absolute Gasteiger partial charge is 0.497 e. The molecular weight excluding hydrogens is 384 g/mol. The number of allylic oxidation sites excluding steroid dienone is 1. The Hall–Kier alpha value is -1.39. The minimum absolute atomic E-state index is 0.0262. The van der Waals surface area contributed by atoms with Crippen LogP contribution in [0.4, 0.5) is 0 Å². The molecule has 0 spiro atoms. The molecular formula is C16H10Br2O2. The topological polar surface area (TPSA) is 26.3 Å². The monoisotopic (exact) mass is 392 g/mol. The van der Waals surface area contributed by atoms with Gasteiger partial charge in [-0.05, 0) is 57.4 Å². The van der Waals surface area contributed by atoms with Gasteiger partial charge in [-0.3, -0.25) is 4.79 Å². The average molecular weight is 394 g/mol. The fourth-order valence-electron chi connectivity index (χ4n) is 2.31. The number of halogens is 2. The number of rotatable bonds is 2. The molecule has 1 aliphatic carbocycles. The molecule has 0 N–H and O–H groups in total. The van der Waals surface area contributed by atoms with Crippen LogP contribution in [0.25, 0.3) is 5.57 Å². The van der Waals surface area contributed by atoms with Crippen molar-refractivity contribution in [2.75, 3.05) is 7.11 Å². The lowest BCUT2D eigenvalue weighted by Crippen LogP contribution is -1.93. The van der Waals surface area contributed by atoms with Crippen molar-refractivity contribution in [2.45, 2.75) is 0 Å². The molecule has 0 unspecified atom stereocenters. The van der Waals surface area contributed by atoms with Gasteiger partial charge in [-0.15, -0.1) is 0 Å². The second-order valence-electron chi connectivity index (χ2n) is 4.44. The van der Waals surface area contributed by atoms with Gasteiger partial charge in [0.05, 0.1) is 11.6 Å². The van der Waals surface area contributed by atoms with Crippen LogP contribution in [-0.2, 0) is 0 Å². The van der Waals surface area contributed by atoms with E-state index < -0.39 is 0 Å². The third-order valence-electron chi connectivity index (χ3n) is 3.29. The van der Waals surface area contributed by atoms with E-state index in [2.05, 4.69) is 31.9 Å². The molecule has 0 heterocycles. The van der Waals surface area contributed by atoms with Gasteiger partial charge in [-0.1, -0.05) is 28.1 Å². The van der Waals surface area contributed by atoms with Crippen molar-refractivity contribution in [2.24, 2.45) is 0 Å². The zero-order valence-corrected chi connectivity index (χ0v) is 13.8. The third-order valence-corrected chi connectivity index (χ3v) is 4.54. The van der Waals surface area contributed by atoms with E-state index in [-0.39, 0.29) is 5.78 Å². The summed E-state index contributed by atoms with van der Waals surface area (Å²) in [6.45, 7) is 0. The summed E-state index contributed by atoms with van der Waals surface area (Å²) in [5.41, 5.74) is 3.59. The minimum atomic E-state index is 0.0262. The van der Waals surface area contributed by atoms with Crippen LogP contribution in [0.2, 0.25) is 0 Å². The molecule has 2 aromatic rings. The Morgan fingerprint density at radius 2 is 1.65 bits per heavy atom. The smallest absolute Gasteiger partial charge is 0.201 e. The maximum Gasteiger partial charge on any atom is 0.201 e. The number of fused-ring (bicyclic) bond motifs is 1.